The van der Waals surface area contributed by atoms with Crippen molar-refractivity contribution in [2.24, 2.45) is 5.92 Å². The van der Waals surface area contributed by atoms with Crippen LogP contribution < -0.4 is 10.1 Å². The van der Waals surface area contributed by atoms with Crippen molar-refractivity contribution in [3.05, 3.63) is 58.6 Å². The van der Waals surface area contributed by atoms with Gasteiger partial charge >= 0.3 is 5.97 Å². The Morgan fingerprint density at radius 3 is 2.32 bits per heavy atom. The van der Waals surface area contributed by atoms with Gasteiger partial charge in [-0.2, -0.15) is 0 Å². The summed E-state index contributed by atoms with van der Waals surface area (Å²) in [6.45, 7) is 2.47. The SMILES string of the molecule is CCOc1ccc(NC(=O)CC(Cc2ccc(Br)cc2)C(=O)O)cc1. The molecule has 132 valence electrons. The molecule has 0 aliphatic heterocycles. The minimum atomic E-state index is -0.982. The molecule has 0 aromatic heterocycles. The fraction of sp³-hybridized carbons (Fsp3) is 0.263. The van der Waals surface area contributed by atoms with Crippen molar-refractivity contribution in [1.82, 2.24) is 0 Å². The number of benzene rings is 2. The fourth-order valence-corrected chi connectivity index (χ4v) is 2.65. The lowest BCUT2D eigenvalue weighted by atomic mass is 9.96. The van der Waals surface area contributed by atoms with Crippen LogP contribution in [0, 0.1) is 5.92 Å². The number of carbonyl (C=O) groups excluding carboxylic acids is 1. The van der Waals surface area contributed by atoms with Crippen LogP contribution in [0.5, 0.6) is 5.75 Å². The van der Waals surface area contributed by atoms with Gasteiger partial charge in [-0.3, -0.25) is 9.59 Å². The Morgan fingerprint density at radius 1 is 1.12 bits per heavy atom. The number of aliphatic carboxylic acids is 1. The van der Waals surface area contributed by atoms with Crippen LogP contribution in [0.15, 0.2) is 53.0 Å². The molecule has 2 rings (SSSR count). The highest BCUT2D eigenvalue weighted by atomic mass is 79.9. The molecular formula is C19H20BrNO4. The Labute approximate surface area is 155 Å². The number of halogens is 1. The van der Waals surface area contributed by atoms with Crippen molar-refractivity contribution in [3.63, 3.8) is 0 Å². The van der Waals surface area contributed by atoms with E-state index in [0.717, 1.165) is 15.8 Å². The summed E-state index contributed by atoms with van der Waals surface area (Å²) in [5.74, 6) is -1.36. The van der Waals surface area contributed by atoms with Crippen molar-refractivity contribution in [1.29, 1.82) is 0 Å². The maximum atomic E-state index is 12.2. The average Bonchev–Trinajstić information content (AvgIpc) is 2.58. The molecular weight excluding hydrogens is 386 g/mol. The predicted octanol–water partition coefficient (Wildman–Crippen LogP) is 4.12. The van der Waals surface area contributed by atoms with E-state index in [2.05, 4.69) is 21.2 Å². The zero-order valence-corrected chi connectivity index (χ0v) is 15.5. The molecule has 0 saturated carbocycles. The number of nitrogens with one attached hydrogen (secondary N) is 1. The van der Waals surface area contributed by atoms with Gasteiger partial charge in [0.2, 0.25) is 5.91 Å². The molecule has 2 aromatic carbocycles. The lowest BCUT2D eigenvalue weighted by Crippen LogP contribution is -2.24. The van der Waals surface area contributed by atoms with Crippen molar-refractivity contribution in [2.75, 3.05) is 11.9 Å². The highest BCUT2D eigenvalue weighted by molar-refractivity contribution is 9.10. The number of hydrogen-bond acceptors (Lipinski definition) is 3. The highest BCUT2D eigenvalue weighted by Crippen LogP contribution is 2.19. The topological polar surface area (TPSA) is 75.6 Å². The molecule has 1 unspecified atom stereocenters. The molecule has 1 amide bonds. The van der Waals surface area contributed by atoms with E-state index in [1.54, 1.807) is 24.3 Å². The lowest BCUT2D eigenvalue weighted by Gasteiger charge is -2.13. The van der Waals surface area contributed by atoms with Crippen LogP contribution in [-0.2, 0) is 16.0 Å². The van der Waals surface area contributed by atoms with E-state index in [4.69, 9.17) is 4.74 Å². The lowest BCUT2D eigenvalue weighted by molar-refractivity contribution is -0.143. The van der Waals surface area contributed by atoms with E-state index in [0.29, 0.717) is 18.7 Å². The largest absolute Gasteiger partial charge is 0.494 e. The molecule has 1 atom stereocenters. The second-order valence-corrected chi connectivity index (χ2v) is 6.49. The number of amides is 1. The molecule has 0 fully saturated rings. The van der Waals surface area contributed by atoms with Crippen molar-refractivity contribution in [3.8, 4) is 5.75 Å². The number of carbonyl (C=O) groups is 2. The van der Waals surface area contributed by atoms with Gasteiger partial charge in [0.05, 0.1) is 12.5 Å². The summed E-state index contributed by atoms with van der Waals surface area (Å²) < 4.78 is 6.27. The van der Waals surface area contributed by atoms with Crippen LogP contribution in [0.25, 0.3) is 0 Å². The minimum absolute atomic E-state index is 0.0847. The number of rotatable bonds is 8. The van der Waals surface area contributed by atoms with Gasteiger partial charge < -0.3 is 15.2 Å². The van der Waals surface area contributed by atoms with Crippen LogP contribution in [0.3, 0.4) is 0 Å². The normalized spacial score (nSPS) is 11.6. The molecule has 0 aliphatic rings. The van der Waals surface area contributed by atoms with Gasteiger partial charge in [0.1, 0.15) is 5.75 Å². The van der Waals surface area contributed by atoms with Crippen molar-refractivity contribution < 1.29 is 19.4 Å². The summed E-state index contributed by atoms with van der Waals surface area (Å²) in [6.07, 6.45) is 0.220. The summed E-state index contributed by atoms with van der Waals surface area (Å²) >= 11 is 3.34. The predicted molar refractivity (Wildman–Crippen MR) is 99.8 cm³/mol. The minimum Gasteiger partial charge on any atom is -0.494 e. The summed E-state index contributed by atoms with van der Waals surface area (Å²) in [6, 6.07) is 14.4. The van der Waals surface area contributed by atoms with Gasteiger partial charge in [0.15, 0.2) is 0 Å². The molecule has 0 bridgehead atoms. The number of carboxylic acids is 1. The maximum absolute atomic E-state index is 12.2. The molecule has 0 aliphatic carbocycles. The van der Waals surface area contributed by atoms with Gasteiger partial charge in [-0.25, -0.2) is 0 Å². The third-order valence-corrected chi connectivity index (χ3v) is 4.15. The molecule has 2 N–H and O–H groups in total. The first-order valence-corrected chi connectivity index (χ1v) is 8.77. The van der Waals surface area contributed by atoms with Crippen LogP contribution in [0.4, 0.5) is 5.69 Å². The van der Waals surface area contributed by atoms with Crippen LogP contribution >= 0.6 is 15.9 Å². The molecule has 0 radical (unpaired) electrons. The molecule has 0 saturated heterocycles. The highest BCUT2D eigenvalue weighted by Gasteiger charge is 2.21. The molecule has 2 aromatic rings. The Bertz CT molecular complexity index is 713. The number of carboxylic acid groups (broad SMARTS) is 1. The molecule has 0 heterocycles. The molecule has 5 nitrogen and oxygen atoms in total. The van der Waals surface area contributed by atoms with E-state index < -0.39 is 11.9 Å². The number of ether oxygens (including phenoxy) is 1. The fourth-order valence-electron chi connectivity index (χ4n) is 2.39. The van der Waals surface area contributed by atoms with Gasteiger partial charge in [-0.1, -0.05) is 28.1 Å². The van der Waals surface area contributed by atoms with Crippen molar-refractivity contribution >= 4 is 33.5 Å². The zero-order chi connectivity index (χ0) is 18.2. The Balaban J connectivity index is 1.95. The first kappa shape index (κ1) is 19.0. The zero-order valence-electron chi connectivity index (χ0n) is 13.9. The monoisotopic (exact) mass is 405 g/mol. The van der Waals surface area contributed by atoms with E-state index in [1.165, 1.54) is 0 Å². The van der Waals surface area contributed by atoms with E-state index in [9.17, 15) is 14.7 Å². The van der Waals surface area contributed by atoms with Gasteiger partial charge in [0, 0.05) is 16.6 Å². The third-order valence-electron chi connectivity index (χ3n) is 3.63. The summed E-state index contributed by atoms with van der Waals surface area (Å²) in [4.78, 5) is 23.6. The Hall–Kier alpha value is -2.34. The second kappa shape index (κ2) is 9.22. The van der Waals surface area contributed by atoms with E-state index in [1.807, 2.05) is 31.2 Å². The summed E-state index contributed by atoms with van der Waals surface area (Å²) in [7, 11) is 0. The smallest absolute Gasteiger partial charge is 0.307 e. The maximum Gasteiger partial charge on any atom is 0.307 e. The van der Waals surface area contributed by atoms with E-state index >= 15 is 0 Å². The Kier molecular flexibility index (Phi) is 7.01. The number of anilines is 1. The second-order valence-electron chi connectivity index (χ2n) is 5.58. The van der Waals surface area contributed by atoms with Gasteiger partial charge in [0.25, 0.3) is 0 Å². The van der Waals surface area contributed by atoms with E-state index in [-0.39, 0.29) is 12.3 Å². The molecule has 6 heteroatoms. The summed E-state index contributed by atoms with van der Waals surface area (Å²) in [5.41, 5.74) is 1.49. The van der Waals surface area contributed by atoms with Crippen LogP contribution in [-0.4, -0.2) is 23.6 Å². The third kappa shape index (κ3) is 6.23. The average molecular weight is 406 g/mol. The van der Waals surface area contributed by atoms with Crippen molar-refractivity contribution in [2.45, 2.75) is 19.8 Å². The first-order valence-electron chi connectivity index (χ1n) is 7.98. The van der Waals surface area contributed by atoms with Gasteiger partial charge in [-0.05, 0) is 55.3 Å². The molecule has 25 heavy (non-hydrogen) atoms. The standard InChI is InChI=1S/C19H20BrNO4/c1-2-25-17-9-7-16(8-10-17)21-18(22)12-14(19(23)24)11-13-3-5-15(20)6-4-13/h3-10,14H,2,11-12H2,1H3,(H,21,22)(H,23,24). The Morgan fingerprint density at radius 2 is 1.76 bits per heavy atom. The summed E-state index contributed by atoms with van der Waals surface area (Å²) in [5, 5.41) is 12.1. The van der Waals surface area contributed by atoms with Crippen LogP contribution in [0.1, 0.15) is 18.9 Å². The van der Waals surface area contributed by atoms with Gasteiger partial charge in [-0.15, -0.1) is 0 Å². The number of hydrogen-bond donors (Lipinski definition) is 2. The quantitative estimate of drug-likeness (QED) is 0.692. The van der Waals surface area contributed by atoms with Crippen LogP contribution in [0.2, 0.25) is 0 Å². The molecule has 0 spiro atoms. The first-order chi connectivity index (χ1) is 12.0.